The number of hydrogen-bond acceptors (Lipinski definition) is 4. The number of halogens is 7. The predicted octanol–water partition coefficient (Wildman–Crippen LogP) is 4.08. The molecule has 6 nitrogen and oxygen atoms in total. The Bertz CT molecular complexity index is 1160. The quantitative estimate of drug-likeness (QED) is 0.675. The highest BCUT2D eigenvalue weighted by Gasteiger charge is 2.64. The summed E-state index contributed by atoms with van der Waals surface area (Å²) in [6, 6.07) is 4.40. The van der Waals surface area contributed by atoms with Crippen molar-refractivity contribution >= 4 is 34.3 Å². The molecule has 30 heavy (non-hydrogen) atoms. The molecule has 158 valence electrons. The van der Waals surface area contributed by atoms with Gasteiger partial charge in [-0.3, -0.25) is 5.01 Å². The van der Waals surface area contributed by atoms with E-state index in [1.54, 1.807) is 5.43 Å². The molecule has 1 aromatic carbocycles. The molecule has 13 heteroatoms. The Morgan fingerprint density at radius 3 is 2.47 bits per heavy atom. The fourth-order valence-corrected chi connectivity index (χ4v) is 3.49. The first-order valence-corrected chi connectivity index (χ1v) is 8.48. The third-order valence-corrected chi connectivity index (χ3v) is 4.92. The molecule has 0 aliphatic carbocycles. The Balaban J connectivity index is 1.99. The van der Waals surface area contributed by atoms with Crippen LogP contribution in [0.25, 0.3) is 16.7 Å². The number of hydrogen-bond donors (Lipinski definition) is 2. The summed E-state index contributed by atoms with van der Waals surface area (Å²) < 4.78 is 82.7. The number of aliphatic carboxylic acids is 1. The Morgan fingerprint density at radius 1 is 1.17 bits per heavy atom. The van der Waals surface area contributed by atoms with Gasteiger partial charge in [0.1, 0.15) is 0 Å². The van der Waals surface area contributed by atoms with Crippen LogP contribution in [0.4, 0.5) is 26.3 Å². The van der Waals surface area contributed by atoms with Gasteiger partial charge in [-0.2, -0.15) is 36.9 Å². The van der Waals surface area contributed by atoms with Gasteiger partial charge < -0.3 is 5.11 Å². The van der Waals surface area contributed by atoms with Gasteiger partial charge in [0.2, 0.25) is 0 Å². The summed E-state index contributed by atoms with van der Waals surface area (Å²) in [5, 5.41) is 13.8. The highest BCUT2D eigenvalue weighted by molar-refractivity contribution is 6.35. The molecule has 0 saturated carbocycles. The maximum absolute atomic E-state index is 13.7. The van der Waals surface area contributed by atoms with Crippen LogP contribution in [-0.2, 0) is 4.79 Å². The predicted molar refractivity (Wildman–Crippen MR) is 92.6 cm³/mol. The first-order valence-electron chi connectivity index (χ1n) is 8.10. The maximum atomic E-state index is 13.7. The second-order valence-electron chi connectivity index (χ2n) is 6.43. The second-order valence-corrected chi connectivity index (χ2v) is 6.84. The average Bonchev–Trinajstić information content (AvgIpc) is 3.22. The first-order chi connectivity index (χ1) is 13.9. The van der Waals surface area contributed by atoms with Gasteiger partial charge in [0.05, 0.1) is 28.0 Å². The monoisotopic (exact) mass is 450 g/mol. The van der Waals surface area contributed by atoms with Crippen LogP contribution >= 0.6 is 11.6 Å². The number of aromatic nitrogens is 2. The SMILES string of the molecule is O=C(O)C1(C(F)(F)F)C=C2C=CC(C(F)(F)F)=C(n3ncc4cccc(Cl)c43)N2N1. The molecule has 2 N–H and O–H groups in total. The number of rotatable bonds is 2. The van der Waals surface area contributed by atoms with Crippen molar-refractivity contribution in [2.24, 2.45) is 0 Å². The van der Waals surface area contributed by atoms with Crippen molar-refractivity contribution in [1.82, 2.24) is 20.2 Å². The Labute approximate surface area is 168 Å². The molecule has 0 spiro atoms. The lowest BCUT2D eigenvalue weighted by atomic mass is 9.99. The number of nitrogens with zero attached hydrogens (tertiary/aromatic N) is 3. The van der Waals surface area contributed by atoms with E-state index >= 15 is 0 Å². The zero-order valence-electron chi connectivity index (χ0n) is 14.4. The van der Waals surface area contributed by atoms with Crippen LogP contribution in [0.15, 0.2) is 53.9 Å². The minimum absolute atomic E-state index is 0.00127. The molecule has 0 amide bonds. The number of para-hydroxylation sites is 1. The van der Waals surface area contributed by atoms with E-state index in [2.05, 4.69) is 5.10 Å². The lowest BCUT2D eigenvalue weighted by Crippen LogP contribution is -2.61. The standard InChI is InChI=1S/C17H9ClF6N4O2/c18-11-3-1-2-8-7-25-28(12(8)11)13-10(16(19,20)21)5-4-9-6-15(14(29)30,17(22,23)24)26-27(9)13/h1-7,26H,(H,29,30). The van der Waals surface area contributed by atoms with Gasteiger partial charge in [-0.25, -0.2) is 9.48 Å². The van der Waals surface area contributed by atoms with Gasteiger partial charge in [-0.15, -0.1) is 0 Å². The molecule has 1 unspecified atom stereocenters. The maximum Gasteiger partial charge on any atom is 0.422 e. The van der Waals surface area contributed by atoms with E-state index in [0.717, 1.165) is 10.8 Å². The van der Waals surface area contributed by atoms with Crippen molar-refractivity contribution in [1.29, 1.82) is 0 Å². The third kappa shape index (κ3) is 2.78. The van der Waals surface area contributed by atoms with Crippen molar-refractivity contribution in [3.63, 3.8) is 0 Å². The van der Waals surface area contributed by atoms with Gasteiger partial charge in [0, 0.05) is 5.39 Å². The summed E-state index contributed by atoms with van der Waals surface area (Å²) >= 11 is 6.10. The van der Waals surface area contributed by atoms with E-state index in [1.807, 2.05) is 0 Å². The molecule has 1 aromatic heterocycles. The Kier molecular flexibility index (Phi) is 4.23. The van der Waals surface area contributed by atoms with Crippen LogP contribution < -0.4 is 5.43 Å². The van der Waals surface area contributed by atoms with Gasteiger partial charge in [0.15, 0.2) is 5.82 Å². The lowest BCUT2D eigenvalue weighted by molar-refractivity contribution is -0.201. The summed E-state index contributed by atoms with van der Waals surface area (Å²) in [6.45, 7) is 0. The Morgan fingerprint density at radius 2 is 1.87 bits per heavy atom. The van der Waals surface area contributed by atoms with E-state index < -0.39 is 41.0 Å². The van der Waals surface area contributed by atoms with Crippen molar-refractivity contribution in [2.75, 3.05) is 0 Å². The van der Waals surface area contributed by atoms with E-state index in [4.69, 9.17) is 11.6 Å². The number of hydrazine groups is 1. The molecular formula is C17H9ClF6N4O2. The summed E-state index contributed by atoms with van der Waals surface area (Å²) in [5.41, 5.74) is -3.75. The summed E-state index contributed by atoms with van der Waals surface area (Å²) in [6.07, 6.45) is -7.57. The van der Waals surface area contributed by atoms with Gasteiger partial charge in [-0.05, 0) is 24.3 Å². The molecule has 0 fully saturated rings. The minimum atomic E-state index is -5.36. The van der Waals surface area contributed by atoms with Gasteiger partial charge in [-0.1, -0.05) is 23.7 Å². The summed E-state index contributed by atoms with van der Waals surface area (Å²) in [7, 11) is 0. The number of alkyl halides is 6. The molecule has 1 atom stereocenters. The van der Waals surface area contributed by atoms with E-state index in [9.17, 15) is 36.2 Å². The first kappa shape index (κ1) is 20.3. The fraction of sp³-hybridized carbons (Fsp3) is 0.176. The topological polar surface area (TPSA) is 70.4 Å². The zero-order valence-corrected chi connectivity index (χ0v) is 15.1. The lowest BCUT2D eigenvalue weighted by Gasteiger charge is -2.33. The Hall–Kier alpha value is -2.99. The van der Waals surface area contributed by atoms with E-state index in [0.29, 0.717) is 22.5 Å². The van der Waals surface area contributed by atoms with Crippen molar-refractivity contribution in [2.45, 2.75) is 17.9 Å². The molecule has 2 aromatic rings. The van der Waals surface area contributed by atoms with Crippen LogP contribution in [0.5, 0.6) is 0 Å². The highest BCUT2D eigenvalue weighted by Crippen LogP contribution is 2.44. The van der Waals surface area contributed by atoms with Crippen LogP contribution in [-0.4, -0.2) is 43.8 Å². The number of nitrogens with one attached hydrogen (secondary N) is 1. The molecule has 0 saturated heterocycles. The van der Waals surface area contributed by atoms with E-state index in [1.165, 1.54) is 24.4 Å². The number of allylic oxidation sites excluding steroid dienone is 3. The molecule has 3 heterocycles. The second kappa shape index (κ2) is 6.25. The number of fused-ring (bicyclic) bond motifs is 2. The van der Waals surface area contributed by atoms with Gasteiger partial charge in [0.25, 0.3) is 5.54 Å². The van der Waals surface area contributed by atoms with Crippen molar-refractivity contribution in [3.05, 3.63) is 58.9 Å². The third-order valence-electron chi connectivity index (χ3n) is 4.62. The molecule has 0 bridgehead atoms. The molecule has 4 rings (SSSR count). The zero-order chi connectivity index (χ0) is 22.1. The highest BCUT2D eigenvalue weighted by atomic mass is 35.5. The number of carboxylic acids is 1. The smallest absolute Gasteiger partial charge is 0.422 e. The number of benzene rings is 1. The number of carbonyl (C=O) groups is 1. The van der Waals surface area contributed by atoms with Crippen molar-refractivity contribution in [3.8, 4) is 0 Å². The van der Waals surface area contributed by atoms with Crippen LogP contribution in [0.3, 0.4) is 0 Å². The van der Waals surface area contributed by atoms with Crippen LogP contribution in [0, 0.1) is 0 Å². The number of carboxylic acid groups (broad SMARTS) is 1. The summed E-state index contributed by atoms with van der Waals surface area (Å²) in [5.74, 6) is -3.20. The normalized spacial score (nSPS) is 22.0. The van der Waals surface area contributed by atoms with Crippen molar-refractivity contribution < 1.29 is 36.2 Å². The molecule has 2 aliphatic heterocycles. The van der Waals surface area contributed by atoms with Crippen LogP contribution in [0.1, 0.15) is 0 Å². The fourth-order valence-electron chi connectivity index (χ4n) is 3.23. The molecule has 2 aliphatic rings. The van der Waals surface area contributed by atoms with Crippen LogP contribution in [0.2, 0.25) is 5.02 Å². The average molecular weight is 451 g/mol. The largest absolute Gasteiger partial charge is 0.479 e. The van der Waals surface area contributed by atoms with E-state index in [-0.39, 0.29) is 10.5 Å². The molecular weight excluding hydrogens is 442 g/mol. The summed E-state index contributed by atoms with van der Waals surface area (Å²) in [4.78, 5) is 11.5. The minimum Gasteiger partial charge on any atom is -0.479 e. The van der Waals surface area contributed by atoms with Gasteiger partial charge >= 0.3 is 18.3 Å². The molecule has 0 radical (unpaired) electrons.